The number of thiol groups is 2. The predicted octanol–water partition coefficient (Wildman–Crippen LogP) is -0.585. The molecule has 0 aromatic carbocycles. The number of hydrogen-bond acceptors (Lipinski definition) is 5. The van der Waals surface area contributed by atoms with E-state index in [1.54, 1.807) is 7.05 Å². The van der Waals surface area contributed by atoms with Crippen molar-refractivity contribution < 1.29 is 10.2 Å². The first kappa shape index (κ1) is 10.6. The first-order valence-corrected chi connectivity index (χ1v) is 4.19. The van der Waals surface area contributed by atoms with Gasteiger partial charge in [0.15, 0.2) is 0 Å². The van der Waals surface area contributed by atoms with Crippen LogP contribution in [-0.2, 0) is 0 Å². The van der Waals surface area contributed by atoms with E-state index in [4.69, 9.17) is 10.2 Å². The Hall–Kier alpha value is 0.580. The Morgan fingerprint density at radius 1 is 1.20 bits per heavy atom. The molecule has 0 amide bonds. The Kier molecular flexibility index (Phi) is 5.56. The second kappa shape index (κ2) is 5.26. The second-order valence-corrected chi connectivity index (χ2v) is 2.72. The Bertz CT molecular complexity index is 83.7. The van der Waals surface area contributed by atoms with Gasteiger partial charge in [-0.05, 0) is 7.05 Å². The Balaban J connectivity index is 3.69. The van der Waals surface area contributed by atoms with Gasteiger partial charge in [-0.25, -0.2) is 0 Å². The van der Waals surface area contributed by atoms with Crippen molar-refractivity contribution in [1.29, 1.82) is 0 Å². The maximum Gasteiger partial charge on any atom is 0.118 e. The molecule has 62 valence electrons. The Morgan fingerprint density at radius 3 is 1.70 bits per heavy atom. The van der Waals surface area contributed by atoms with E-state index in [9.17, 15) is 0 Å². The van der Waals surface area contributed by atoms with Crippen LogP contribution in [0.1, 0.15) is 0 Å². The van der Waals surface area contributed by atoms with Crippen LogP contribution < -0.4 is 0 Å². The van der Waals surface area contributed by atoms with E-state index >= 15 is 0 Å². The fraction of sp³-hybridized carbons (Fsp3) is 1.00. The minimum Gasteiger partial charge on any atom is -0.377 e. The van der Waals surface area contributed by atoms with Gasteiger partial charge in [0.25, 0.3) is 0 Å². The molecule has 0 rings (SSSR count). The zero-order chi connectivity index (χ0) is 8.15. The van der Waals surface area contributed by atoms with E-state index in [1.807, 2.05) is 0 Å². The number of aliphatic hydroxyl groups is 2. The molecule has 3 nitrogen and oxygen atoms in total. The van der Waals surface area contributed by atoms with Crippen LogP contribution in [-0.4, -0.2) is 46.1 Å². The molecule has 0 aromatic rings. The topological polar surface area (TPSA) is 43.7 Å². The summed E-state index contributed by atoms with van der Waals surface area (Å²) in [5.74, 6) is 0.614. The van der Waals surface area contributed by atoms with E-state index in [-0.39, 0.29) is 0 Å². The fourth-order valence-corrected chi connectivity index (χ4v) is 0.971. The average Bonchev–Trinajstić information content (AvgIpc) is 2.00. The van der Waals surface area contributed by atoms with Crippen LogP contribution in [0, 0.1) is 0 Å². The maximum absolute atomic E-state index is 9.08. The number of rotatable bonds is 4. The summed E-state index contributed by atoms with van der Waals surface area (Å²) in [6.45, 7) is 0. The second-order valence-electron chi connectivity index (χ2n) is 1.99. The highest BCUT2D eigenvalue weighted by Crippen LogP contribution is 2.00. The summed E-state index contributed by atoms with van der Waals surface area (Å²) in [6, 6.07) is 0. The summed E-state index contributed by atoms with van der Waals surface area (Å²) in [6.07, 6.45) is -1.41. The molecule has 2 N–H and O–H groups in total. The van der Waals surface area contributed by atoms with Crippen molar-refractivity contribution in [3.63, 3.8) is 0 Å². The summed E-state index contributed by atoms with van der Waals surface area (Å²) >= 11 is 7.72. The highest BCUT2D eigenvalue weighted by molar-refractivity contribution is 7.80. The highest BCUT2D eigenvalue weighted by Gasteiger charge is 2.15. The lowest BCUT2D eigenvalue weighted by Crippen LogP contribution is -2.42. The molecule has 5 heteroatoms. The van der Waals surface area contributed by atoms with Crippen molar-refractivity contribution in [3.8, 4) is 0 Å². The molecule has 10 heavy (non-hydrogen) atoms. The van der Waals surface area contributed by atoms with Gasteiger partial charge in [-0.3, -0.25) is 4.90 Å². The molecular formula is C5H13NO2S2. The molecular weight excluding hydrogens is 170 g/mol. The number of nitrogens with zero attached hydrogens (tertiary/aromatic N) is 1. The molecule has 0 saturated carbocycles. The van der Waals surface area contributed by atoms with Gasteiger partial charge in [0.2, 0.25) is 0 Å². The number of hydrogen-bond donors (Lipinski definition) is 4. The van der Waals surface area contributed by atoms with Gasteiger partial charge < -0.3 is 10.2 Å². The van der Waals surface area contributed by atoms with Crippen LogP contribution in [0.2, 0.25) is 0 Å². The van der Waals surface area contributed by atoms with Gasteiger partial charge >= 0.3 is 0 Å². The lowest BCUT2D eigenvalue weighted by atomic mass is 10.5. The molecule has 0 radical (unpaired) electrons. The first-order valence-electron chi connectivity index (χ1n) is 2.93. The quantitative estimate of drug-likeness (QED) is 0.348. The fourth-order valence-electron chi connectivity index (χ4n) is 0.456. The lowest BCUT2D eigenvalue weighted by Gasteiger charge is -2.25. The predicted molar refractivity (Wildman–Crippen MR) is 47.5 cm³/mol. The smallest absolute Gasteiger partial charge is 0.118 e. The SMILES string of the molecule is CN(C(O)CS)C(O)CS. The molecule has 2 atom stereocenters. The Morgan fingerprint density at radius 2 is 1.50 bits per heavy atom. The van der Waals surface area contributed by atoms with Crippen molar-refractivity contribution in [2.75, 3.05) is 18.6 Å². The third-order valence-electron chi connectivity index (χ3n) is 1.27. The van der Waals surface area contributed by atoms with Crippen LogP contribution in [0.15, 0.2) is 0 Å². The summed E-state index contributed by atoms with van der Waals surface area (Å²) in [5, 5.41) is 18.2. The van der Waals surface area contributed by atoms with Gasteiger partial charge in [0, 0.05) is 11.5 Å². The van der Waals surface area contributed by atoms with Crippen LogP contribution in [0.5, 0.6) is 0 Å². The zero-order valence-electron chi connectivity index (χ0n) is 5.80. The van der Waals surface area contributed by atoms with Crippen LogP contribution in [0.4, 0.5) is 0 Å². The van der Waals surface area contributed by atoms with E-state index < -0.39 is 12.5 Å². The maximum atomic E-state index is 9.08. The van der Waals surface area contributed by atoms with Gasteiger partial charge in [0.1, 0.15) is 12.5 Å². The van der Waals surface area contributed by atoms with Gasteiger partial charge in [-0.1, -0.05) is 0 Å². The molecule has 0 fully saturated rings. The third-order valence-corrected chi connectivity index (χ3v) is 1.92. The van der Waals surface area contributed by atoms with Gasteiger partial charge in [-0.2, -0.15) is 25.3 Å². The van der Waals surface area contributed by atoms with Crippen molar-refractivity contribution in [3.05, 3.63) is 0 Å². The molecule has 0 heterocycles. The minimum atomic E-state index is -0.703. The molecule has 0 aliphatic heterocycles. The molecule has 0 aromatic heterocycles. The van der Waals surface area contributed by atoms with Crippen molar-refractivity contribution in [1.82, 2.24) is 4.90 Å². The summed E-state index contributed by atoms with van der Waals surface area (Å²) in [7, 11) is 1.61. The Labute approximate surface area is 71.9 Å². The van der Waals surface area contributed by atoms with E-state index in [1.165, 1.54) is 4.90 Å². The molecule has 0 aliphatic carbocycles. The first-order chi connectivity index (χ1) is 4.63. The van der Waals surface area contributed by atoms with Crippen molar-refractivity contribution in [2.24, 2.45) is 0 Å². The molecule has 0 aliphatic rings. The van der Waals surface area contributed by atoms with Gasteiger partial charge in [-0.15, -0.1) is 0 Å². The molecule has 0 spiro atoms. The summed E-state index contributed by atoms with van der Waals surface area (Å²) in [5.41, 5.74) is 0. The standard InChI is InChI=1S/C5H13NO2S2/c1-6(4(7)2-9)5(8)3-10/h4-5,7-10H,2-3H2,1H3. The molecule has 0 saturated heterocycles. The minimum absolute atomic E-state index is 0.307. The summed E-state index contributed by atoms with van der Waals surface area (Å²) < 4.78 is 0. The van der Waals surface area contributed by atoms with Crippen LogP contribution >= 0.6 is 25.3 Å². The van der Waals surface area contributed by atoms with Gasteiger partial charge in [0.05, 0.1) is 0 Å². The molecule has 0 bridgehead atoms. The number of aliphatic hydroxyl groups excluding tert-OH is 2. The zero-order valence-corrected chi connectivity index (χ0v) is 7.59. The third kappa shape index (κ3) is 3.12. The largest absolute Gasteiger partial charge is 0.377 e. The van der Waals surface area contributed by atoms with Crippen LogP contribution in [0.3, 0.4) is 0 Å². The van der Waals surface area contributed by atoms with E-state index in [0.717, 1.165) is 0 Å². The molecule has 2 unspecified atom stereocenters. The highest BCUT2D eigenvalue weighted by atomic mass is 32.1. The summed E-state index contributed by atoms with van der Waals surface area (Å²) in [4.78, 5) is 1.40. The van der Waals surface area contributed by atoms with Crippen molar-refractivity contribution >= 4 is 25.3 Å². The van der Waals surface area contributed by atoms with E-state index in [0.29, 0.717) is 11.5 Å². The van der Waals surface area contributed by atoms with E-state index in [2.05, 4.69) is 25.3 Å². The average molecular weight is 183 g/mol. The van der Waals surface area contributed by atoms with Crippen LogP contribution in [0.25, 0.3) is 0 Å². The van der Waals surface area contributed by atoms with Crippen molar-refractivity contribution in [2.45, 2.75) is 12.5 Å². The normalized spacial score (nSPS) is 17.4. The monoisotopic (exact) mass is 183 g/mol. The lowest BCUT2D eigenvalue weighted by molar-refractivity contribution is -0.0614.